The summed E-state index contributed by atoms with van der Waals surface area (Å²) in [6, 6.07) is 2.84. The molecule has 16 heavy (non-hydrogen) atoms. The summed E-state index contributed by atoms with van der Waals surface area (Å²) in [5.74, 6) is 1.01. The summed E-state index contributed by atoms with van der Waals surface area (Å²) >= 11 is 5.50. The Kier molecular flexibility index (Phi) is 4.86. The first-order chi connectivity index (χ1) is 7.79. The van der Waals surface area contributed by atoms with Crippen LogP contribution in [0.2, 0.25) is 0 Å². The number of thiophene rings is 1. The molecular weight excluding hydrogens is 282 g/mol. The molecule has 1 saturated carbocycles. The summed E-state index contributed by atoms with van der Waals surface area (Å²) in [6.45, 7) is 3.39. The van der Waals surface area contributed by atoms with Gasteiger partial charge in [-0.15, -0.1) is 11.3 Å². The normalized spacial score (nSPS) is 17.6. The highest BCUT2D eigenvalue weighted by atomic mass is 79.9. The third-order valence-electron chi connectivity index (χ3n) is 3.12. The van der Waals surface area contributed by atoms with Crippen LogP contribution in [-0.2, 0) is 6.42 Å². The Morgan fingerprint density at radius 1 is 1.56 bits per heavy atom. The van der Waals surface area contributed by atoms with Crippen molar-refractivity contribution < 1.29 is 0 Å². The van der Waals surface area contributed by atoms with Gasteiger partial charge < -0.3 is 5.32 Å². The molecule has 0 radical (unpaired) electrons. The van der Waals surface area contributed by atoms with E-state index in [1.807, 2.05) is 11.3 Å². The van der Waals surface area contributed by atoms with Crippen molar-refractivity contribution in [3.63, 3.8) is 0 Å². The fourth-order valence-electron chi connectivity index (χ4n) is 2.04. The first-order valence-corrected chi connectivity index (χ1v) is 7.92. The van der Waals surface area contributed by atoms with Gasteiger partial charge >= 0.3 is 0 Å². The van der Waals surface area contributed by atoms with Crippen LogP contribution < -0.4 is 5.32 Å². The SMILES string of the molecule is CCCNC(Cc1sccc1Br)CC1CC1. The van der Waals surface area contributed by atoms with E-state index in [2.05, 4.69) is 39.6 Å². The minimum absolute atomic E-state index is 0.683. The summed E-state index contributed by atoms with van der Waals surface area (Å²) in [7, 11) is 0. The molecule has 1 aliphatic rings. The van der Waals surface area contributed by atoms with Crippen molar-refractivity contribution in [2.24, 2.45) is 5.92 Å². The first-order valence-electron chi connectivity index (χ1n) is 6.24. The maximum Gasteiger partial charge on any atom is 0.0314 e. The number of halogens is 1. The maximum atomic E-state index is 3.69. The fourth-order valence-corrected chi connectivity index (χ4v) is 3.63. The molecule has 1 N–H and O–H groups in total. The highest BCUT2D eigenvalue weighted by molar-refractivity contribution is 9.10. The largest absolute Gasteiger partial charge is 0.314 e. The smallest absolute Gasteiger partial charge is 0.0314 e. The van der Waals surface area contributed by atoms with Gasteiger partial charge in [0, 0.05) is 15.4 Å². The Bertz CT molecular complexity index is 319. The van der Waals surface area contributed by atoms with Gasteiger partial charge in [0.2, 0.25) is 0 Å². The Hall–Kier alpha value is 0.140. The second-order valence-corrected chi connectivity index (χ2v) is 6.58. The van der Waals surface area contributed by atoms with Gasteiger partial charge in [0.15, 0.2) is 0 Å². The Morgan fingerprint density at radius 3 is 2.94 bits per heavy atom. The number of nitrogens with one attached hydrogen (secondary N) is 1. The predicted molar refractivity (Wildman–Crippen MR) is 75.1 cm³/mol. The van der Waals surface area contributed by atoms with E-state index in [1.165, 1.54) is 41.5 Å². The van der Waals surface area contributed by atoms with E-state index >= 15 is 0 Å². The van der Waals surface area contributed by atoms with Crippen molar-refractivity contribution in [1.82, 2.24) is 5.32 Å². The molecule has 0 bridgehead atoms. The highest BCUT2D eigenvalue weighted by Gasteiger charge is 2.25. The van der Waals surface area contributed by atoms with E-state index in [9.17, 15) is 0 Å². The van der Waals surface area contributed by atoms with Crippen molar-refractivity contribution in [2.45, 2.75) is 45.1 Å². The van der Waals surface area contributed by atoms with Crippen LogP contribution in [0.15, 0.2) is 15.9 Å². The Morgan fingerprint density at radius 2 is 2.38 bits per heavy atom. The maximum absolute atomic E-state index is 3.69. The van der Waals surface area contributed by atoms with Gasteiger partial charge in [-0.25, -0.2) is 0 Å². The van der Waals surface area contributed by atoms with E-state index in [4.69, 9.17) is 0 Å². The van der Waals surface area contributed by atoms with Crippen molar-refractivity contribution in [3.05, 3.63) is 20.8 Å². The molecule has 90 valence electrons. The Labute approximate surface area is 111 Å². The number of rotatable bonds is 7. The highest BCUT2D eigenvalue weighted by Crippen LogP contribution is 2.35. The van der Waals surface area contributed by atoms with Gasteiger partial charge in [0.1, 0.15) is 0 Å². The van der Waals surface area contributed by atoms with E-state index in [1.54, 1.807) is 0 Å². The topological polar surface area (TPSA) is 12.0 Å². The summed E-state index contributed by atoms with van der Waals surface area (Å²) in [4.78, 5) is 1.49. The van der Waals surface area contributed by atoms with E-state index in [-0.39, 0.29) is 0 Å². The molecule has 1 nitrogen and oxygen atoms in total. The summed E-state index contributed by atoms with van der Waals surface area (Å²) in [6.07, 6.45) is 6.69. The second-order valence-electron chi connectivity index (χ2n) is 4.73. The molecule has 1 aliphatic carbocycles. The van der Waals surface area contributed by atoms with Gasteiger partial charge in [-0.2, -0.15) is 0 Å². The van der Waals surface area contributed by atoms with Crippen LogP contribution in [0.5, 0.6) is 0 Å². The molecule has 0 aromatic carbocycles. The lowest BCUT2D eigenvalue weighted by atomic mass is 10.1. The molecule has 1 atom stereocenters. The van der Waals surface area contributed by atoms with Gasteiger partial charge in [-0.3, -0.25) is 0 Å². The first kappa shape index (κ1) is 12.6. The molecule has 1 unspecified atom stereocenters. The average Bonchev–Trinajstić information content (AvgIpc) is 3.00. The van der Waals surface area contributed by atoms with Gasteiger partial charge in [0.25, 0.3) is 0 Å². The van der Waals surface area contributed by atoms with Crippen LogP contribution in [0.3, 0.4) is 0 Å². The molecule has 0 aliphatic heterocycles. The van der Waals surface area contributed by atoms with Crippen LogP contribution in [0, 0.1) is 5.92 Å². The van der Waals surface area contributed by atoms with Gasteiger partial charge in [-0.05, 0) is 59.1 Å². The van der Waals surface area contributed by atoms with Crippen LogP contribution >= 0.6 is 27.3 Å². The third-order valence-corrected chi connectivity index (χ3v) is 5.07. The third kappa shape index (κ3) is 3.86. The predicted octanol–water partition coefficient (Wildman–Crippen LogP) is 4.22. The zero-order chi connectivity index (χ0) is 11.4. The molecule has 0 amide bonds. The summed E-state index contributed by atoms with van der Waals surface area (Å²) in [5, 5.41) is 5.87. The lowest BCUT2D eigenvalue weighted by Gasteiger charge is -2.17. The van der Waals surface area contributed by atoms with Crippen molar-refractivity contribution in [2.75, 3.05) is 6.54 Å². The molecule has 1 aromatic rings. The zero-order valence-electron chi connectivity index (χ0n) is 9.84. The lowest BCUT2D eigenvalue weighted by Crippen LogP contribution is -2.32. The van der Waals surface area contributed by atoms with Crippen LogP contribution in [0.4, 0.5) is 0 Å². The minimum Gasteiger partial charge on any atom is -0.314 e. The molecule has 1 aromatic heterocycles. The number of hydrogen-bond acceptors (Lipinski definition) is 2. The fraction of sp³-hybridized carbons (Fsp3) is 0.692. The van der Waals surface area contributed by atoms with Crippen LogP contribution in [0.1, 0.15) is 37.5 Å². The average molecular weight is 302 g/mol. The van der Waals surface area contributed by atoms with Gasteiger partial charge in [0.05, 0.1) is 0 Å². The molecule has 3 heteroatoms. The zero-order valence-corrected chi connectivity index (χ0v) is 12.2. The van der Waals surface area contributed by atoms with Crippen molar-refractivity contribution in [3.8, 4) is 0 Å². The molecule has 1 fully saturated rings. The Balaban J connectivity index is 1.87. The molecule has 2 rings (SSSR count). The van der Waals surface area contributed by atoms with E-state index in [0.717, 1.165) is 12.5 Å². The standard InChI is InChI=1S/C13H20BrNS/c1-2-6-15-11(8-10-3-4-10)9-13-12(14)5-7-16-13/h5,7,10-11,15H,2-4,6,8-9H2,1H3. The molecule has 1 heterocycles. The van der Waals surface area contributed by atoms with Gasteiger partial charge in [-0.1, -0.05) is 19.8 Å². The molecule has 0 saturated heterocycles. The monoisotopic (exact) mass is 301 g/mol. The van der Waals surface area contributed by atoms with Crippen molar-refractivity contribution >= 4 is 27.3 Å². The number of hydrogen-bond donors (Lipinski definition) is 1. The second kappa shape index (κ2) is 6.18. The van der Waals surface area contributed by atoms with Crippen LogP contribution in [0.25, 0.3) is 0 Å². The molecular formula is C13H20BrNS. The summed E-state index contributed by atoms with van der Waals surface area (Å²) in [5.41, 5.74) is 0. The molecule has 0 spiro atoms. The quantitative estimate of drug-likeness (QED) is 0.795. The van der Waals surface area contributed by atoms with E-state index < -0.39 is 0 Å². The van der Waals surface area contributed by atoms with Crippen molar-refractivity contribution in [1.29, 1.82) is 0 Å². The summed E-state index contributed by atoms with van der Waals surface area (Å²) < 4.78 is 1.29. The van der Waals surface area contributed by atoms with E-state index in [0.29, 0.717) is 6.04 Å². The minimum atomic E-state index is 0.683. The van der Waals surface area contributed by atoms with Crippen LogP contribution in [-0.4, -0.2) is 12.6 Å². The lowest BCUT2D eigenvalue weighted by molar-refractivity contribution is 0.456.